The maximum Gasteiger partial charge on any atom is 0.430 e. The molecule has 0 aliphatic carbocycles. The smallest absolute Gasteiger partial charge is 0.430 e. The van der Waals surface area contributed by atoms with Crippen molar-refractivity contribution < 1.29 is 27.8 Å². The number of alkyl halides is 3. The van der Waals surface area contributed by atoms with E-state index in [9.17, 15) is 18.0 Å². The van der Waals surface area contributed by atoms with Crippen LogP contribution in [0.25, 0.3) is 6.08 Å². The lowest BCUT2D eigenvalue weighted by atomic mass is 9.81. The molecule has 7 heteroatoms. The molecule has 0 spiro atoms. The fraction of sp³-hybridized carbons (Fsp3) is 0.438. The summed E-state index contributed by atoms with van der Waals surface area (Å²) in [6.07, 6.45) is -5.62. The van der Waals surface area contributed by atoms with Crippen LogP contribution in [0, 0.1) is 0 Å². The molecule has 0 amide bonds. The SMILES string of the molecule is CCC(C)(C)c1cc2c(cc1Cl)C=C(C(=O)O)C(C(F)(F)F)O2. The lowest BCUT2D eigenvalue weighted by molar-refractivity contribution is -0.187. The van der Waals surface area contributed by atoms with Gasteiger partial charge in [-0.15, -0.1) is 0 Å². The van der Waals surface area contributed by atoms with Crippen LogP contribution in [0.5, 0.6) is 5.75 Å². The Hall–Kier alpha value is -1.69. The highest BCUT2D eigenvalue weighted by atomic mass is 35.5. The van der Waals surface area contributed by atoms with E-state index in [4.69, 9.17) is 21.4 Å². The van der Waals surface area contributed by atoms with Gasteiger partial charge in [-0.05, 0) is 35.6 Å². The van der Waals surface area contributed by atoms with Crippen LogP contribution >= 0.6 is 11.6 Å². The molecule has 1 N–H and O–H groups in total. The maximum absolute atomic E-state index is 13.1. The van der Waals surface area contributed by atoms with Crippen LogP contribution in [0.1, 0.15) is 38.3 Å². The van der Waals surface area contributed by atoms with E-state index < -0.39 is 23.8 Å². The van der Waals surface area contributed by atoms with Crippen LogP contribution in [0.15, 0.2) is 17.7 Å². The summed E-state index contributed by atoms with van der Waals surface area (Å²) < 4.78 is 44.2. The Balaban J connectivity index is 2.61. The summed E-state index contributed by atoms with van der Waals surface area (Å²) in [6, 6.07) is 2.91. The highest BCUT2D eigenvalue weighted by Gasteiger charge is 2.48. The van der Waals surface area contributed by atoms with Gasteiger partial charge in [0, 0.05) is 10.6 Å². The zero-order chi connectivity index (χ0) is 17.6. The van der Waals surface area contributed by atoms with Crippen LogP contribution in [-0.2, 0) is 10.2 Å². The van der Waals surface area contributed by atoms with E-state index in [0.29, 0.717) is 10.6 Å². The Morgan fingerprint density at radius 2 is 1.96 bits per heavy atom. The molecule has 2 rings (SSSR count). The molecular formula is C16H16ClF3O3. The molecule has 1 unspecified atom stereocenters. The Morgan fingerprint density at radius 1 is 1.35 bits per heavy atom. The fourth-order valence-electron chi connectivity index (χ4n) is 2.34. The first-order valence-electron chi connectivity index (χ1n) is 6.99. The Bertz CT molecular complexity index is 678. The number of hydrogen-bond acceptors (Lipinski definition) is 2. The van der Waals surface area contributed by atoms with Crippen molar-refractivity contribution in [3.05, 3.63) is 33.9 Å². The third-order valence-corrected chi connectivity index (χ3v) is 4.41. The number of benzene rings is 1. The highest BCUT2D eigenvalue weighted by molar-refractivity contribution is 6.31. The van der Waals surface area contributed by atoms with Gasteiger partial charge in [0.25, 0.3) is 0 Å². The van der Waals surface area contributed by atoms with E-state index >= 15 is 0 Å². The molecule has 1 heterocycles. The van der Waals surface area contributed by atoms with Crippen molar-refractivity contribution in [3.8, 4) is 5.75 Å². The van der Waals surface area contributed by atoms with Crippen molar-refractivity contribution >= 4 is 23.6 Å². The van der Waals surface area contributed by atoms with E-state index in [1.165, 1.54) is 12.1 Å². The molecule has 0 fully saturated rings. The number of ether oxygens (including phenoxy) is 1. The third kappa shape index (κ3) is 3.32. The predicted octanol–water partition coefficient (Wildman–Crippen LogP) is 4.82. The molecule has 1 aliphatic rings. The monoisotopic (exact) mass is 348 g/mol. The van der Waals surface area contributed by atoms with Crippen LogP contribution in [0.4, 0.5) is 13.2 Å². The van der Waals surface area contributed by atoms with Crippen LogP contribution in [0.2, 0.25) is 5.02 Å². The molecule has 1 aromatic carbocycles. The van der Waals surface area contributed by atoms with Crippen molar-refractivity contribution in [2.24, 2.45) is 0 Å². The number of halogens is 4. The molecule has 3 nitrogen and oxygen atoms in total. The molecule has 1 aliphatic heterocycles. The Morgan fingerprint density at radius 3 is 2.43 bits per heavy atom. The second-order valence-electron chi connectivity index (χ2n) is 6.05. The van der Waals surface area contributed by atoms with E-state index in [2.05, 4.69) is 0 Å². The zero-order valence-corrected chi connectivity index (χ0v) is 13.5. The van der Waals surface area contributed by atoms with Crippen molar-refractivity contribution in [3.63, 3.8) is 0 Å². The summed E-state index contributed by atoms with van der Waals surface area (Å²) in [4.78, 5) is 11.1. The van der Waals surface area contributed by atoms with Crippen LogP contribution < -0.4 is 4.74 Å². The Labute approximate surface area is 136 Å². The minimum absolute atomic E-state index is 0.0155. The first kappa shape index (κ1) is 17.7. The van der Waals surface area contributed by atoms with Gasteiger partial charge < -0.3 is 9.84 Å². The molecular weight excluding hydrogens is 333 g/mol. The van der Waals surface area contributed by atoms with Crippen LogP contribution in [0.3, 0.4) is 0 Å². The molecule has 1 aromatic rings. The molecule has 0 aromatic heterocycles. The van der Waals surface area contributed by atoms with E-state index in [1.54, 1.807) is 0 Å². The standard InChI is InChI=1S/C16H16ClF3O3/c1-4-15(2,3)10-7-12-8(6-11(10)17)5-9(14(21)22)13(23-12)16(18,19)20/h5-7,13H,4H2,1-3H3,(H,21,22). The van der Waals surface area contributed by atoms with Gasteiger partial charge in [0.2, 0.25) is 6.10 Å². The first-order valence-corrected chi connectivity index (χ1v) is 7.37. The average Bonchev–Trinajstić information content (AvgIpc) is 2.43. The number of fused-ring (bicyclic) bond motifs is 1. The zero-order valence-electron chi connectivity index (χ0n) is 12.8. The summed E-state index contributed by atoms with van der Waals surface area (Å²) in [7, 11) is 0. The van der Waals surface area contributed by atoms with Gasteiger partial charge in [0.1, 0.15) is 5.75 Å². The molecule has 0 saturated carbocycles. The van der Waals surface area contributed by atoms with Crippen LogP contribution in [-0.4, -0.2) is 23.4 Å². The molecule has 0 saturated heterocycles. The van der Waals surface area contributed by atoms with Crippen molar-refractivity contribution in [2.45, 2.75) is 44.9 Å². The summed E-state index contributed by atoms with van der Waals surface area (Å²) in [6.45, 7) is 5.78. The molecule has 0 bridgehead atoms. The number of carboxylic acid groups (broad SMARTS) is 1. The van der Waals surface area contributed by atoms with Gasteiger partial charge in [-0.1, -0.05) is 32.4 Å². The van der Waals surface area contributed by atoms with Gasteiger partial charge in [-0.25, -0.2) is 4.79 Å². The average molecular weight is 349 g/mol. The van der Waals surface area contributed by atoms with Crippen molar-refractivity contribution in [2.75, 3.05) is 0 Å². The van der Waals surface area contributed by atoms with Gasteiger partial charge in [-0.2, -0.15) is 13.2 Å². The topological polar surface area (TPSA) is 46.5 Å². The number of aliphatic carboxylic acids is 1. The first-order chi connectivity index (χ1) is 10.5. The normalized spacial score (nSPS) is 18.0. The van der Waals surface area contributed by atoms with E-state index in [-0.39, 0.29) is 16.7 Å². The van der Waals surface area contributed by atoms with Crippen molar-refractivity contribution in [1.82, 2.24) is 0 Å². The molecule has 23 heavy (non-hydrogen) atoms. The lowest BCUT2D eigenvalue weighted by Gasteiger charge is -2.30. The largest absolute Gasteiger partial charge is 0.478 e. The second-order valence-corrected chi connectivity index (χ2v) is 6.46. The summed E-state index contributed by atoms with van der Waals surface area (Å²) in [5.74, 6) is -1.69. The number of carboxylic acids is 1. The lowest BCUT2D eigenvalue weighted by Crippen LogP contribution is -2.40. The summed E-state index contributed by atoms with van der Waals surface area (Å²) in [5.41, 5.74) is -0.319. The Kier molecular flexibility index (Phi) is 4.41. The highest BCUT2D eigenvalue weighted by Crippen LogP contribution is 2.42. The van der Waals surface area contributed by atoms with Gasteiger partial charge in [-0.3, -0.25) is 0 Å². The van der Waals surface area contributed by atoms with E-state index in [1.807, 2.05) is 20.8 Å². The quantitative estimate of drug-likeness (QED) is 0.852. The van der Waals surface area contributed by atoms with Gasteiger partial charge >= 0.3 is 12.1 Å². The van der Waals surface area contributed by atoms with Gasteiger partial charge in [0.05, 0.1) is 5.57 Å². The summed E-state index contributed by atoms with van der Waals surface area (Å²) >= 11 is 6.22. The molecule has 1 atom stereocenters. The second kappa shape index (κ2) is 5.74. The van der Waals surface area contributed by atoms with Gasteiger partial charge in [0.15, 0.2) is 0 Å². The minimum atomic E-state index is -4.82. The predicted molar refractivity (Wildman–Crippen MR) is 80.9 cm³/mol. The minimum Gasteiger partial charge on any atom is -0.478 e. The molecule has 126 valence electrons. The number of hydrogen-bond donors (Lipinski definition) is 1. The number of carbonyl (C=O) groups is 1. The maximum atomic E-state index is 13.1. The van der Waals surface area contributed by atoms with E-state index in [0.717, 1.165) is 12.5 Å². The number of rotatable bonds is 3. The third-order valence-electron chi connectivity index (χ3n) is 4.10. The molecule has 0 radical (unpaired) electrons. The summed E-state index contributed by atoms with van der Waals surface area (Å²) in [5, 5.41) is 9.37. The fourth-order valence-corrected chi connectivity index (χ4v) is 2.77. The van der Waals surface area contributed by atoms with Crippen molar-refractivity contribution in [1.29, 1.82) is 0 Å².